The average molecular weight is 594 g/mol. The summed E-state index contributed by atoms with van der Waals surface area (Å²) in [6, 6.07) is 1.03. The van der Waals surface area contributed by atoms with Gasteiger partial charge in [-0.05, 0) is 83.9 Å². The van der Waals surface area contributed by atoms with Crippen LogP contribution in [-0.4, -0.2) is 31.4 Å². The molecular formula is C24H24I2N2. The summed E-state index contributed by atoms with van der Waals surface area (Å²) in [5.41, 5.74) is 1.24. The molecule has 0 amide bonds. The zero-order valence-corrected chi connectivity index (χ0v) is 20.0. The Kier molecular flexibility index (Phi) is 1.88. The standard InChI is InChI=1S/C24H24I2N2/c25-23-16-13-17(23)15-18(23)14(16)21(13,15)5-27-7-3-1-2-4-8(7)28-6-22-11-9-12-10(11)20(22)24(12,26)19(9)22/h5-20H,1-4H2/t7?,8-,9?,10?,11?,12?,13?,14?,15?,16?,17?,18?,19?,20?,21?,22?,23?,24?/m1/s1. The van der Waals surface area contributed by atoms with Crippen molar-refractivity contribution in [3.63, 3.8) is 0 Å². The van der Waals surface area contributed by atoms with Crippen molar-refractivity contribution in [2.24, 2.45) is 91.8 Å². The van der Waals surface area contributed by atoms with E-state index in [4.69, 9.17) is 9.98 Å². The van der Waals surface area contributed by atoms with Crippen molar-refractivity contribution in [2.75, 3.05) is 0 Å². The van der Waals surface area contributed by atoms with Crippen LogP contribution < -0.4 is 0 Å². The summed E-state index contributed by atoms with van der Waals surface area (Å²) in [6.07, 6.45) is 10.5. The van der Waals surface area contributed by atoms with Crippen LogP contribution in [0.15, 0.2) is 9.98 Å². The first-order valence-electron chi connectivity index (χ1n) is 12.1. The zero-order valence-electron chi connectivity index (χ0n) is 15.7. The Bertz CT molecular complexity index is 941. The topological polar surface area (TPSA) is 24.7 Å². The summed E-state index contributed by atoms with van der Waals surface area (Å²) in [7, 11) is 0. The SMILES string of the molecule is IC12C3C4C1C1C2C3C41C=NC1CCCC[C@H]1N=CC12C3C4C5C3C1C5(I)C42. The lowest BCUT2D eigenvalue weighted by atomic mass is 8.96. The molecule has 0 aliphatic heterocycles. The maximum atomic E-state index is 5.35. The lowest BCUT2D eigenvalue weighted by Gasteiger charge is -3.10. The zero-order chi connectivity index (χ0) is 17.7. The predicted molar refractivity (Wildman–Crippen MR) is 123 cm³/mol. The highest BCUT2D eigenvalue weighted by Gasteiger charge is 3.10. The van der Waals surface area contributed by atoms with E-state index in [-0.39, 0.29) is 0 Å². The molecule has 0 aromatic heterocycles. The fourth-order valence-electron chi connectivity index (χ4n) is 13.4. The first-order valence-corrected chi connectivity index (χ1v) is 14.3. The van der Waals surface area contributed by atoms with Gasteiger partial charge in [0.1, 0.15) is 0 Å². The number of hydrogen-bond acceptors (Lipinski definition) is 2. The highest BCUT2D eigenvalue weighted by molar-refractivity contribution is 14.1. The number of alkyl halides is 2. The molecule has 13 rings (SSSR count). The molecule has 0 spiro atoms. The van der Waals surface area contributed by atoms with E-state index in [9.17, 15) is 0 Å². The van der Waals surface area contributed by atoms with Gasteiger partial charge in [-0.2, -0.15) is 0 Å². The van der Waals surface area contributed by atoms with Gasteiger partial charge < -0.3 is 0 Å². The van der Waals surface area contributed by atoms with E-state index in [1.165, 1.54) is 25.7 Å². The van der Waals surface area contributed by atoms with Crippen molar-refractivity contribution in [3.8, 4) is 0 Å². The van der Waals surface area contributed by atoms with Crippen LogP contribution in [0.5, 0.6) is 0 Å². The number of hydrogen-bond donors (Lipinski definition) is 0. The fourth-order valence-corrected chi connectivity index (χ4v) is 18.5. The highest BCUT2D eigenvalue weighted by atomic mass is 127. The molecule has 2 nitrogen and oxygen atoms in total. The van der Waals surface area contributed by atoms with Gasteiger partial charge in [0, 0.05) is 30.1 Å². The Morgan fingerprint density at radius 2 is 1.14 bits per heavy atom. The second kappa shape index (κ2) is 3.57. The lowest BCUT2D eigenvalue weighted by Crippen LogP contribution is -3.11. The van der Waals surface area contributed by atoms with E-state index in [1.54, 1.807) is 0 Å². The van der Waals surface area contributed by atoms with Crippen LogP contribution in [0.4, 0.5) is 0 Å². The minimum absolute atomic E-state index is 0.513. The molecule has 13 fully saturated rings. The van der Waals surface area contributed by atoms with E-state index < -0.39 is 0 Å². The minimum atomic E-state index is 0.513. The van der Waals surface area contributed by atoms with E-state index in [1.807, 2.05) is 0 Å². The minimum Gasteiger partial charge on any atom is -0.291 e. The summed E-state index contributed by atoms with van der Waals surface area (Å²) in [6.45, 7) is 0. The monoisotopic (exact) mass is 594 g/mol. The molecule has 0 radical (unpaired) electrons. The molecular weight excluding hydrogens is 570 g/mol. The summed E-state index contributed by atoms with van der Waals surface area (Å²) < 4.78 is 1.58. The number of nitrogens with zero attached hydrogens (tertiary/aromatic N) is 2. The van der Waals surface area contributed by atoms with Crippen molar-refractivity contribution in [1.82, 2.24) is 0 Å². The Hall–Kier alpha value is 0.800. The van der Waals surface area contributed by atoms with E-state index >= 15 is 0 Å². The lowest BCUT2D eigenvalue weighted by molar-refractivity contribution is -0.564. The van der Waals surface area contributed by atoms with Gasteiger partial charge in [0.25, 0.3) is 0 Å². The van der Waals surface area contributed by atoms with E-state index in [2.05, 4.69) is 57.6 Å². The molecule has 0 heterocycles. The Balaban J connectivity index is 0.883. The van der Waals surface area contributed by atoms with Crippen molar-refractivity contribution < 1.29 is 0 Å². The Morgan fingerprint density at radius 3 is 1.68 bits per heavy atom. The Morgan fingerprint density at radius 1 is 0.607 bits per heavy atom. The van der Waals surface area contributed by atoms with Crippen LogP contribution in [0.25, 0.3) is 0 Å². The number of halogens is 2. The van der Waals surface area contributed by atoms with Crippen LogP contribution in [-0.2, 0) is 0 Å². The van der Waals surface area contributed by atoms with Gasteiger partial charge in [0.15, 0.2) is 0 Å². The van der Waals surface area contributed by atoms with Crippen LogP contribution >= 0.6 is 45.2 Å². The van der Waals surface area contributed by atoms with Crippen molar-refractivity contribution >= 4 is 57.6 Å². The largest absolute Gasteiger partial charge is 0.291 e. The maximum Gasteiger partial charge on any atom is 0.0719 e. The van der Waals surface area contributed by atoms with Crippen molar-refractivity contribution in [3.05, 3.63) is 0 Å². The molecule has 0 bridgehead atoms. The molecule has 5 unspecified atom stereocenters. The summed E-state index contributed by atoms with van der Waals surface area (Å²) in [5.74, 6) is 13.2. The number of rotatable bonds is 4. The van der Waals surface area contributed by atoms with Gasteiger partial charge in [-0.1, -0.05) is 58.0 Å². The summed E-state index contributed by atoms with van der Waals surface area (Å²) >= 11 is 5.70. The summed E-state index contributed by atoms with van der Waals surface area (Å²) in [4.78, 5) is 10.7. The second-order valence-electron chi connectivity index (χ2n) is 12.9. The van der Waals surface area contributed by atoms with Crippen LogP contribution in [0.1, 0.15) is 25.7 Å². The maximum absolute atomic E-state index is 5.35. The van der Waals surface area contributed by atoms with Gasteiger partial charge in [-0.3, -0.25) is 9.98 Å². The van der Waals surface area contributed by atoms with Crippen molar-refractivity contribution in [2.45, 2.75) is 44.6 Å². The molecule has 144 valence electrons. The molecule has 4 heteroatoms. The molecule has 0 aromatic rings. The Labute approximate surface area is 192 Å². The average Bonchev–Trinajstić information content (AvgIpc) is 2.72. The quantitative estimate of drug-likeness (QED) is 0.264. The van der Waals surface area contributed by atoms with Gasteiger partial charge in [-0.15, -0.1) is 0 Å². The van der Waals surface area contributed by atoms with Gasteiger partial charge in [-0.25, -0.2) is 0 Å². The van der Waals surface area contributed by atoms with Crippen molar-refractivity contribution in [1.29, 1.82) is 0 Å². The fraction of sp³-hybridized carbons (Fsp3) is 0.917. The normalized spacial score (nSPS) is 87.4. The third-order valence-electron chi connectivity index (χ3n) is 13.8. The predicted octanol–water partition coefficient (Wildman–Crippen LogP) is 4.29. The molecule has 0 N–H and O–H groups in total. The van der Waals surface area contributed by atoms with E-state index in [0.29, 0.717) is 22.9 Å². The van der Waals surface area contributed by atoms with Gasteiger partial charge >= 0.3 is 0 Å². The van der Waals surface area contributed by atoms with Crippen LogP contribution in [0.3, 0.4) is 0 Å². The van der Waals surface area contributed by atoms with Crippen LogP contribution in [0.2, 0.25) is 0 Å². The molecule has 28 heavy (non-hydrogen) atoms. The van der Waals surface area contributed by atoms with Gasteiger partial charge in [0.2, 0.25) is 0 Å². The van der Waals surface area contributed by atoms with Gasteiger partial charge in [0.05, 0.1) is 12.1 Å². The van der Waals surface area contributed by atoms with E-state index in [0.717, 1.165) is 77.9 Å². The molecule has 13 saturated carbocycles. The first-order chi connectivity index (χ1) is 13.6. The molecule has 6 atom stereocenters. The summed E-state index contributed by atoms with van der Waals surface area (Å²) in [5, 5.41) is 0. The highest BCUT2D eigenvalue weighted by Crippen LogP contribution is 3.09. The number of aliphatic imine (C=N–C) groups is 2. The molecule has 0 aromatic carbocycles. The second-order valence-corrected chi connectivity index (χ2v) is 16.7. The third-order valence-corrected chi connectivity index (χ3v) is 18.0. The first kappa shape index (κ1) is 14.8. The molecule has 13 aliphatic carbocycles. The smallest absolute Gasteiger partial charge is 0.0719 e. The molecule has 0 saturated heterocycles. The third kappa shape index (κ3) is 0.863. The molecule has 13 aliphatic rings. The van der Waals surface area contributed by atoms with Crippen LogP contribution in [0, 0.1) is 81.8 Å².